The molecule has 1 aliphatic rings. The Balaban J connectivity index is 1.82. The van der Waals surface area contributed by atoms with Gasteiger partial charge in [-0.15, -0.1) is 11.3 Å². The second kappa shape index (κ2) is 8.00. The van der Waals surface area contributed by atoms with Gasteiger partial charge < -0.3 is 9.64 Å². The molecule has 2 aromatic rings. The molecule has 5 heteroatoms. The summed E-state index contributed by atoms with van der Waals surface area (Å²) >= 11 is 1.70. The topological polar surface area (TPSA) is 42.4 Å². The molecule has 4 nitrogen and oxygen atoms in total. The maximum atomic E-state index is 12.4. The highest BCUT2D eigenvalue weighted by atomic mass is 32.1. The summed E-state index contributed by atoms with van der Waals surface area (Å²) in [6, 6.07) is 6.06. The zero-order chi connectivity index (χ0) is 17.8. The van der Waals surface area contributed by atoms with Crippen LogP contribution in [0.4, 0.5) is 5.69 Å². The van der Waals surface area contributed by atoms with E-state index in [1.54, 1.807) is 11.3 Å². The lowest BCUT2D eigenvalue weighted by molar-refractivity contribution is -0.121. The number of aryl methyl sites for hydroxylation is 2. The summed E-state index contributed by atoms with van der Waals surface area (Å²) < 4.78 is 5.63. The van der Waals surface area contributed by atoms with Gasteiger partial charge in [0, 0.05) is 17.0 Å². The number of anilines is 1. The molecule has 0 fully saturated rings. The molecule has 134 valence electrons. The van der Waals surface area contributed by atoms with Gasteiger partial charge in [-0.1, -0.05) is 32.6 Å². The van der Waals surface area contributed by atoms with Gasteiger partial charge in [0.15, 0.2) is 6.61 Å². The van der Waals surface area contributed by atoms with E-state index in [0.717, 1.165) is 47.1 Å². The van der Waals surface area contributed by atoms with Crippen LogP contribution in [0.15, 0.2) is 18.2 Å². The van der Waals surface area contributed by atoms with E-state index >= 15 is 0 Å². The molecule has 0 atom stereocenters. The highest BCUT2D eigenvalue weighted by molar-refractivity contribution is 7.11. The fourth-order valence-electron chi connectivity index (χ4n) is 3.26. The van der Waals surface area contributed by atoms with Crippen molar-refractivity contribution in [1.82, 2.24) is 4.98 Å². The fraction of sp³-hybridized carbons (Fsp3) is 0.500. The zero-order valence-electron chi connectivity index (χ0n) is 15.3. The number of unbranched alkanes of at least 4 members (excludes halogenated alkanes) is 4. The minimum absolute atomic E-state index is 0.0475. The van der Waals surface area contributed by atoms with Crippen molar-refractivity contribution in [2.75, 3.05) is 18.1 Å². The van der Waals surface area contributed by atoms with Gasteiger partial charge in [-0.2, -0.15) is 0 Å². The summed E-state index contributed by atoms with van der Waals surface area (Å²) in [5.74, 6) is 0.841. The predicted octanol–water partition coefficient (Wildman–Crippen LogP) is 5.12. The monoisotopic (exact) mass is 358 g/mol. The predicted molar refractivity (Wildman–Crippen MR) is 104 cm³/mol. The molecule has 25 heavy (non-hydrogen) atoms. The standard InChI is InChI=1S/C20H26N2O2S/c1-4-5-6-7-8-11-22-17-12-16(20-14(2)25-15(3)21-20)9-10-18(17)24-13-19(22)23/h9-10,12H,4-8,11,13H2,1-3H3. The second-order valence-corrected chi connectivity index (χ2v) is 7.98. The molecule has 0 saturated carbocycles. The molecule has 0 saturated heterocycles. The van der Waals surface area contributed by atoms with Crippen molar-refractivity contribution >= 4 is 22.9 Å². The highest BCUT2D eigenvalue weighted by Gasteiger charge is 2.26. The first-order valence-corrected chi connectivity index (χ1v) is 9.93. The Hall–Kier alpha value is -1.88. The van der Waals surface area contributed by atoms with Crippen LogP contribution in [0.1, 0.15) is 48.9 Å². The van der Waals surface area contributed by atoms with Gasteiger partial charge in [-0.3, -0.25) is 4.79 Å². The van der Waals surface area contributed by atoms with Crippen LogP contribution in [-0.2, 0) is 4.79 Å². The van der Waals surface area contributed by atoms with Crippen LogP contribution in [-0.4, -0.2) is 24.0 Å². The molecule has 1 aliphatic heterocycles. The maximum Gasteiger partial charge on any atom is 0.265 e. The van der Waals surface area contributed by atoms with Crippen LogP contribution in [0.25, 0.3) is 11.3 Å². The minimum Gasteiger partial charge on any atom is -0.482 e. The molecule has 1 amide bonds. The highest BCUT2D eigenvalue weighted by Crippen LogP contribution is 2.37. The molecule has 0 bridgehead atoms. The molecule has 1 aromatic carbocycles. The van der Waals surface area contributed by atoms with Crippen molar-refractivity contribution in [3.05, 3.63) is 28.1 Å². The number of rotatable bonds is 7. The number of hydrogen-bond acceptors (Lipinski definition) is 4. The van der Waals surface area contributed by atoms with Crippen molar-refractivity contribution < 1.29 is 9.53 Å². The molecule has 0 aliphatic carbocycles. The van der Waals surface area contributed by atoms with Gasteiger partial charge in [0.05, 0.1) is 16.4 Å². The Kier molecular flexibility index (Phi) is 5.74. The molecule has 1 aromatic heterocycles. The number of nitrogens with zero attached hydrogens (tertiary/aromatic N) is 2. The van der Waals surface area contributed by atoms with E-state index in [1.165, 1.54) is 24.1 Å². The summed E-state index contributed by atoms with van der Waals surface area (Å²) in [6.07, 6.45) is 5.93. The van der Waals surface area contributed by atoms with Crippen molar-refractivity contribution in [1.29, 1.82) is 0 Å². The molecular formula is C20H26N2O2S. The van der Waals surface area contributed by atoms with Gasteiger partial charge >= 0.3 is 0 Å². The summed E-state index contributed by atoms with van der Waals surface area (Å²) in [5, 5.41) is 1.06. The zero-order valence-corrected chi connectivity index (χ0v) is 16.1. The molecule has 0 N–H and O–H groups in total. The maximum absolute atomic E-state index is 12.4. The number of carbonyl (C=O) groups is 1. The van der Waals surface area contributed by atoms with Crippen LogP contribution in [0.5, 0.6) is 5.75 Å². The lowest BCUT2D eigenvalue weighted by Crippen LogP contribution is -2.39. The van der Waals surface area contributed by atoms with Crippen LogP contribution < -0.4 is 9.64 Å². The summed E-state index contributed by atoms with van der Waals surface area (Å²) in [4.78, 5) is 20.1. The molecule has 0 radical (unpaired) electrons. The van der Waals surface area contributed by atoms with Gasteiger partial charge in [0.1, 0.15) is 5.75 Å². The van der Waals surface area contributed by atoms with E-state index in [2.05, 4.69) is 24.9 Å². The third-order valence-electron chi connectivity index (χ3n) is 4.56. The number of fused-ring (bicyclic) bond motifs is 1. The Morgan fingerprint density at radius 1 is 1.20 bits per heavy atom. The van der Waals surface area contributed by atoms with Gasteiger partial charge in [-0.25, -0.2) is 4.98 Å². The average molecular weight is 359 g/mol. The average Bonchev–Trinajstić information content (AvgIpc) is 2.94. The van der Waals surface area contributed by atoms with Crippen molar-refractivity contribution in [3.63, 3.8) is 0 Å². The number of amides is 1. The largest absolute Gasteiger partial charge is 0.482 e. The van der Waals surface area contributed by atoms with E-state index in [0.29, 0.717) is 0 Å². The summed E-state index contributed by atoms with van der Waals surface area (Å²) in [6.45, 7) is 7.22. The number of aromatic nitrogens is 1. The van der Waals surface area contributed by atoms with Gasteiger partial charge in [0.25, 0.3) is 5.91 Å². The minimum atomic E-state index is 0.0475. The van der Waals surface area contributed by atoms with E-state index in [1.807, 2.05) is 24.0 Å². The van der Waals surface area contributed by atoms with E-state index in [9.17, 15) is 4.79 Å². The van der Waals surface area contributed by atoms with Crippen LogP contribution in [0, 0.1) is 13.8 Å². The van der Waals surface area contributed by atoms with E-state index in [4.69, 9.17) is 4.74 Å². The summed E-state index contributed by atoms with van der Waals surface area (Å²) in [5.41, 5.74) is 2.94. The molecular weight excluding hydrogens is 332 g/mol. The van der Waals surface area contributed by atoms with Crippen LogP contribution >= 0.6 is 11.3 Å². The van der Waals surface area contributed by atoms with E-state index in [-0.39, 0.29) is 12.5 Å². The first-order valence-electron chi connectivity index (χ1n) is 9.11. The van der Waals surface area contributed by atoms with Crippen molar-refractivity contribution in [2.24, 2.45) is 0 Å². The quantitative estimate of drug-likeness (QED) is 0.645. The molecule has 2 heterocycles. The number of thiazole rings is 1. The first-order chi connectivity index (χ1) is 12.1. The Labute approximate surface area is 153 Å². The third kappa shape index (κ3) is 4.03. The van der Waals surface area contributed by atoms with E-state index < -0.39 is 0 Å². The molecule has 3 rings (SSSR count). The number of carbonyl (C=O) groups excluding carboxylic acids is 1. The van der Waals surface area contributed by atoms with Crippen LogP contribution in [0.2, 0.25) is 0 Å². The molecule has 0 unspecified atom stereocenters. The second-order valence-electron chi connectivity index (χ2n) is 6.57. The van der Waals surface area contributed by atoms with Gasteiger partial charge in [0.2, 0.25) is 0 Å². The Morgan fingerprint density at radius 3 is 2.72 bits per heavy atom. The Morgan fingerprint density at radius 2 is 2.00 bits per heavy atom. The lowest BCUT2D eigenvalue weighted by Gasteiger charge is -2.30. The SMILES string of the molecule is CCCCCCCN1C(=O)COc2ccc(-c3nc(C)sc3C)cc21. The number of ether oxygens (including phenoxy) is 1. The third-order valence-corrected chi connectivity index (χ3v) is 5.45. The smallest absolute Gasteiger partial charge is 0.265 e. The summed E-state index contributed by atoms with van der Waals surface area (Å²) in [7, 11) is 0. The van der Waals surface area contributed by atoms with Crippen LogP contribution in [0.3, 0.4) is 0 Å². The van der Waals surface area contributed by atoms with Crippen molar-refractivity contribution in [3.8, 4) is 17.0 Å². The molecule has 0 spiro atoms. The van der Waals surface area contributed by atoms with Gasteiger partial charge in [-0.05, 0) is 38.5 Å². The lowest BCUT2D eigenvalue weighted by atomic mass is 10.1. The first kappa shape index (κ1) is 17.9. The number of hydrogen-bond donors (Lipinski definition) is 0. The fourth-order valence-corrected chi connectivity index (χ4v) is 4.10. The normalized spacial score (nSPS) is 13.7. The van der Waals surface area contributed by atoms with Crippen molar-refractivity contribution in [2.45, 2.75) is 52.9 Å². The Bertz CT molecular complexity index is 754. The number of benzene rings is 1.